The minimum absolute atomic E-state index is 0.0713. The van der Waals surface area contributed by atoms with Gasteiger partial charge in [0.25, 0.3) is 11.5 Å². The molecule has 1 aliphatic rings. The van der Waals surface area contributed by atoms with E-state index in [4.69, 9.17) is 0 Å². The van der Waals surface area contributed by atoms with Gasteiger partial charge in [0.15, 0.2) is 0 Å². The molecule has 2 heterocycles. The van der Waals surface area contributed by atoms with Crippen LogP contribution in [0.4, 0.5) is 0 Å². The summed E-state index contributed by atoms with van der Waals surface area (Å²) in [4.78, 5) is 25.9. The summed E-state index contributed by atoms with van der Waals surface area (Å²) in [6.07, 6.45) is 3.40. The minimum atomic E-state index is -0.0919. The van der Waals surface area contributed by atoms with E-state index in [2.05, 4.69) is 19.2 Å². The Morgan fingerprint density at radius 1 is 1.07 bits per heavy atom. The fraction of sp³-hybridized carbons (Fsp3) is 0.455. The Kier molecular flexibility index (Phi) is 4.33. The van der Waals surface area contributed by atoms with Crippen molar-refractivity contribution in [1.82, 2.24) is 14.5 Å². The van der Waals surface area contributed by atoms with Gasteiger partial charge in [-0.15, -0.1) is 0 Å². The molecule has 0 unspecified atom stereocenters. The third kappa shape index (κ3) is 2.76. The predicted molar refractivity (Wildman–Crippen MR) is 109 cm³/mol. The number of nitrogens with zero attached hydrogens (tertiary/aromatic N) is 2. The number of benzene rings is 1. The second kappa shape index (κ2) is 6.55. The summed E-state index contributed by atoms with van der Waals surface area (Å²) in [6.45, 7) is 4.48. The van der Waals surface area contributed by atoms with Gasteiger partial charge >= 0.3 is 0 Å². The Morgan fingerprint density at radius 2 is 1.81 bits per heavy atom. The van der Waals surface area contributed by atoms with Crippen LogP contribution in [0.25, 0.3) is 21.8 Å². The zero-order valence-electron chi connectivity index (χ0n) is 16.5. The summed E-state index contributed by atoms with van der Waals surface area (Å²) in [5.41, 5.74) is 2.17. The number of nitrogens with one attached hydrogen (secondary N) is 1. The van der Waals surface area contributed by atoms with E-state index in [1.54, 1.807) is 17.7 Å². The van der Waals surface area contributed by atoms with Gasteiger partial charge in [-0.3, -0.25) is 9.59 Å². The molecule has 5 heteroatoms. The Balaban J connectivity index is 1.80. The SMILES string of the molecule is C[C@H]1[C@H](C)CCC[C@H]1NC(=O)c1cc2c(=O)n(C)c3ccccc3c2n1C. The molecule has 3 atom stereocenters. The Bertz CT molecular complexity index is 1090. The normalized spacial score (nSPS) is 23.0. The van der Waals surface area contributed by atoms with Gasteiger partial charge in [0.05, 0.1) is 16.4 Å². The monoisotopic (exact) mass is 365 g/mol. The van der Waals surface area contributed by atoms with Gasteiger partial charge in [-0.25, -0.2) is 0 Å². The van der Waals surface area contributed by atoms with Crippen LogP contribution >= 0.6 is 0 Å². The van der Waals surface area contributed by atoms with Crippen LogP contribution < -0.4 is 10.9 Å². The van der Waals surface area contributed by atoms with Crippen LogP contribution in [0.3, 0.4) is 0 Å². The molecule has 1 saturated carbocycles. The van der Waals surface area contributed by atoms with E-state index >= 15 is 0 Å². The Labute approximate surface area is 159 Å². The van der Waals surface area contributed by atoms with Crippen LogP contribution in [0.2, 0.25) is 0 Å². The average Bonchev–Trinajstić information content (AvgIpc) is 3.01. The van der Waals surface area contributed by atoms with Crippen LogP contribution in [0, 0.1) is 11.8 Å². The molecule has 0 aliphatic heterocycles. The molecule has 0 bridgehead atoms. The lowest BCUT2D eigenvalue weighted by molar-refractivity contribution is 0.0883. The number of pyridine rings is 1. The third-order valence-corrected chi connectivity index (χ3v) is 6.54. The second-order valence-electron chi connectivity index (χ2n) is 8.08. The zero-order valence-corrected chi connectivity index (χ0v) is 16.5. The standard InChI is InChI=1S/C22H27N3O2/c1-13-8-7-10-17(14(13)2)23-21(26)19-12-16-20(24(19)3)15-9-5-6-11-18(15)25(4)22(16)27/h5-6,9,11-14,17H,7-8,10H2,1-4H3,(H,23,26)/t13-,14+,17-/m1/s1. The molecule has 1 aromatic carbocycles. The highest BCUT2D eigenvalue weighted by Crippen LogP contribution is 2.30. The lowest BCUT2D eigenvalue weighted by Crippen LogP contribution is -2.44. The maximum Gasteiger partial charge on any atom is 0.268 e. The number of carbonyl (C=O) groups excluding carboxylic acids is 1. The number of carbonyl (C=O) groups is 1. The molecule has 1 N–H and O–H groups in total. The smallest absolute Gasteiger partial charge is 0.268 e. The van der Waals surface area contributed by atoms with Crippen LogP contribution in [0.1, 0.15) is 43.6 Å². The molecule has 1 amide bonds. The molecule has 2 aromatic heterocycles. The van der Waals surface area contributed by atoms with Crippen molar-refractivity contribution >= 4 is 27.7 Å². The van der Waals surface area contributed by atoms with Crippen molar-refractivity contribution in [2.45, 2.75) is 39.2 Å². The van der Waals surface area contributed by atoms with E-state index in [0.717, 1.165) is 29.3 Å². The van der Waals surface area contributed by atoms with E-state index in [1.807, 2.05) is 35.9 Å². The highest BCUT2D eigenvalue weighted by Gasteiger charge is 2.29. The molecule has 5 nitrogen and oxygen atoms in total. The first-order valence-electron chi connectivity index (χ1n) is 9.78. The van der Waals surface area contributed by atoms with Gasteiger partial charge in [-0.05, 0) is 30.4 Å². The zero-order chi connectivity index (χ0) is 19.3. The van der Waals surface area contributed by atoms with E-state index < -0.39 is 0 Å². The number of aryl methyl sites for hydroxylation is 2. The molecular formula is C22H27N3O2. The first-order valence-corrected chi connectivity index (χ1v) is 9.78. The quantitative estimate of drug-likeness (QED) is 0.755. The number of para-hydroxylation sites is 1. The molecule has 142 valence electrons. The number of hydrogen-bond donors (Lipinski definition) is 1. The second-order valence-corrected chi connectivity index (χ2v) is 8.08. The molecule has 1 aliphatic carbocycles. The van der Waals surface area contributed by atoms with Gasteiger partial charge in [0.2, 0.25) is 0 Å². The average molecular weight is 365 g/mol. The van der Waals surface area contributed by atoms with Crippen LogP contribution in [-0.4, -0.2) is 21.1 Å². The first-order chi connectivity index (χ1) is 12.9. The van der Waals surface area contributed by atoms with Crippen LogP contribution in [0.5, 0.6) is 0 Å². The van der Waals surface area contributed by atoms with Crippen molar-refractivity contribution in [2.24, 2.45) is 25.9 Å². The van der Waals surface area contributed by atoms with Gasteiger partial charge < -0.3 is 14.5 Å². The lowest BCUT2D eigenvalue weighted by Gasteiger charge is -2.34. The molecular weight excluding hydrogens is 338 g/mol. The topological polar surface area (TPSA) is 56.0 Å². The van der Waals surface area contributed by atoms with Gasteiger partial charge in [-0.1, -0.05) is 44.9 Å². The highest BCUT2D eigenvalue weighted by molar-refractivity contribution is 6.08. The fourth-order valence-electron chi connectivity index (χ4n) is 4.59. The van der Waals surface area contributed by atoms with Crippen molar-refractivity contribution in [2.75, 3.05) is 0 Å². The lowest BCUT2D eigenvalue weighted by atomic mass is 9.78. The molecule has 4 rings (SSSR count). The summed E-state index contributed by atoms with van der Waals surface area (Å²) in [5, 5.41) is 4.80. The van der Waals surface area contributed by atoms with Crippen molar-refractivity contribution in [3.05, 3.63) is 46.4 Å². The highest BCUT2D eigenvalue weighted by atomic mass is 16.2. The van der Waals surface area contributed by atoms with Gasteiger partial charge in [0.1, 0.15) is 5.69 Å². The van der Waals surface area contributed by atoms with Crippen molar-refractivity contribution in [3.8, 4) is 0 Å². The number of fused-ring (bicyclic) bond motifs is 3. The minimum Gasteiger partial charge on any atom is -0.348 e. The molecule has 0 saturated heterocycles. The van der Waals surface area contributed by atoms with Gasteiger partial charge in [-0.2, -0.15) is 0 Å². The van der Waals surface area contributed by atoms with Crippen molar-refractivity contribution in [3.63, 3.8) is 0 Å². The number of rotatable bonds is 2. The number of aromatic nitrogens is 2. The maximum atomic E-state index is 13.0. The summed E-state index contributed by atoms with van der Waals surface area (Å²) < 4.78 is 3.52. The van der Waals surface area contributed by atoms with Crippen LogP contribution in [0.15, 0.2) is 35.1 Å². The van der Waals surface area contributed by atoms with E-state index in [0.29, 0.717) is 22.9 Å². The summed E-state index contributed by atoms with van der Waals surface area (Å²) in [6, 6.07) is 9.77. The number of amides is 1. The third-order valence-electron chi connectivity index (χ3n) is 6.54. The Morgan fingerprint density at radius 3 is 2.59 bits per heavy atom. The fourth-order valence-corrected chi connectivity index (χ4v) is 4.59. The molecule has 3 aromatic rings. The summed E-state index contributed by atoms with van der Waals surface area (Å²) in [7, 11) is 3.65. The first kappa shape index (κ1) is 17.8. The molecule has 0 radical (unpaired) electrons. The molecule has 1 fully saturated rings. The largest absolute Gasteiger partial charge is 0.348 e. The van der Waals surface area contributed by atoms with E-state index in [-0.39, 0.29) is 17.5 Å². The van der Waals surface area contributed by atoms with Crippen molar-refractivity contribution < 1.29 is 4.79 Å². The van der Waals surface area contributed by atoms with Crippen LogP contribution in [-0.2, 0) is 14.1 Å². The van der Waals surface area contributed by atoms with Gasteiger partial charge in [0, 0.05) is 25.5 Å². The van der Waals surface area contributed by atoms with Crippen molar-refractivity contribution in [1.29, 1.82) is 0 Å². The number of hydrogen-bond acceptors (Lipinski definition) is 2. The van der Waals surface area contributed by atoms with E-state index in [1.165, 1.54) is 6.42 Å². The van der Waals surface area contributed by atoms with E-state index in [9.17, 15) is 9.59 Å². The Hall–Kier alpha value is -2.56. The molecule has 27 heavy (non-hydrogen) atoms. The predicted octanol–water partition coefficient (Wildman–Crippen LogP) is 3.58. The summed E-state index contributed by atoms with van der Waals surface area (Å²) in [5.74, 6) is 0.990. The maximum absolute atomic E-state index is 13.0. The summed E-state index contributed by atoms with van der Waals surface area (Å²) >= 11 is 0. The molecule has 0 spiro atoms.